The van der Waals surface area contributed by atoms with Gasteiger partial charge in [-0.05, 0) is 103 Å². The molecule has 0 spiro atoms. The fraction of sp³-hybridized carbons (Fsp3) is 0.0400. The smallest absolute Gasteiger partial charge is 0.210 e. The monoisotopic (exact) mass is 837 g/mol. The molecule has 2 aliphatic rings. The van der Waals surface area contributed by atoms with Crippen LogP contribution in [0.1, 0.15) is 0 Å². The third-order valence-electron chi connectivity index (χ3n) is 11.6. The Kier molecular flexibility index (Phi) is 8.90. The lowest BCUT2D eigenvalue weighted by atomic mass is 10.1. The Morgan fingerprint density at radius 3 is 1.05 bits per heavy atom. The van der Waals surface area contributed by atoms with Crippen molar-refractivity contribution in [3.8, 4) is 0 Å². The van der Waals surface area contributed by atoms with Gasteiger partial charge in [0.25, 0.3) is 0 Å². The summed E-state index contributed by atoms with van der Waals surface area (Å²) in [4.78, 5) is 7.21. The summed E-state index contributed by atoms with van der Waals surface area (Å²) in [6, 6.07) is 64.4. The maximum Gasteiger partial charge on any atom is 0.210 e. The van der Waals surface area contributed by atoms with Crippen molar-refractivity contribution in [3.63, 3.8) is 0 Å². The first-order chi connectivity index (χ1) is 29.0. The van der Waals surface area contributed by atoms with E-state index in [2.05, 4.69) is 78.7 Å². The van der Waals surface area contributed by atoms with Crippen LogP contribution in [0.2, 0.25) is 13.1 Å². The molecule has 2 aliphatic heterocycles. The first-order valence-corrected chi connectivity index (χ1v) is 25.6. The summed E-state index contributed by atoms with van der Waals surface area (Å²) in [5, 5.41) is 2.27. The van der Waals surface area contributed by atoms with Gasteiger partial charge in [-0.1, -0.05) is 121 Å². The standard InChI is InChI=1S/C50H39N3O4S2Si/c1-60(2,41-31-29-38(30-32-41)51(36-17-5-3-6-18-36)37-19-7-4-8-20-37)42-34-39(52-43-21-9-13-25-47(43)58(54,55)48-26-14-10-22-44(48)52)33-40(35-42)53-45-23-11-15-27-49(45)59(56,57)50-28-16-12-24-46(50)53/h3-35H,1-2H3. The second-order valence-electron chi connectivity index (χ2n) is 15.5. The van der Waals surface area contributed by atoms with E-state index in [-0.39, 0.29) is 19.6 Å². The molecule has 0 atom stereocenters. The van der Waals surface area contributed by atoms with E-state index in [4.69, 9.17) is 0 Å². The lowest BCUT2D eigenvalue weighted by molar-refractivity contribution is 0.593. The van der Waals surface area contributed by atoms with Crippen molar-refractivity contribution >= 4 is 89.3 Å². The largest absolute Gasteiger partial charge is 0.311 e. The maximum absolute atomic E-state index is 14.1. The van der Waals surface area contributed by atoms with Crippen LogP contribution in [0.4, 0.5) is 51.2 Å². The normalized spacial score (nSPS) is 14.6. The maximum atomic E-state index is 14.1. The molecule has 0 bridgehead atoms. The third-order valence-corrected chi connectivity index (χ3v) is 18.8. The lowest BCUT2D eigenvalue weighted by Gasteiger charge is -2.37. The zero-order valence-corrected chi connectivity index (χ0v) is 35.5. The Labute approximate surface area is 351 Å². The zero-order chi connectivity index (χ0) is 41.2. The van der Waals surface area contributed by atoms with Gasteiger partial charge >= 0.3 is 0 Å². The highest BCUT2D eigenvalue weighted by molar-refractivity contribution is 7.92. The van der Waals surface area contributed by atoms with Crippen molar-refractivity contribution in [2.45, 2.75) is 32.7 Å². The number of sulfone groups is 2. The summed E-state index contributed by atoms with van der Waals surface area (Å²) in [6.45, 7) is 4.64. The van der Waals surface area contributed by atoms with Crippen LogP contribution in [-0.2, 0) is 19.7 Å². The minimum Gasteiger partial charge on any atom is -0.311 e. The quantitative estimate of drug-likeness (QED) is 0.148. The van der Waals surface area contributed by atoms with Crippen LogP contribution in [0, 0.1) is 0 Å². The molecule has 0 N–H and O–H groups in total. The summed E-state index contributed by atoms with van der Waals surface area (Å²) in [5.74, 6) is 0. The van der Waals surface area contributed by atoms with Gasteiger partial charge in [-0.3, -0.25) is 0 Å². The molecule has 0 saturated carbocycles. The van der Waals surface area contributed by atoms with E-state index in [1.807, 2.05) is 101 Å². The van der Waals surface area contributed by atoms with Crippen molar-refractivity contribution in [2.75, 3.05) is 14.7 Å². The number of hydrogen-bond acceptors (Lipinski definition) is 7. The topological polar surface area (TPSA) is 78.0 Å². The van der Waals surface area contributed by atoms with E-state index in [1.54, 1.807) is 48.5 Å². The van der Waals surface area contributed by atoms with Gasteiger partial charge in [-0.25, -0.2) is 16.8 Å². The van der Waals surface area contributed by atoms with Gasteiger partial charge in [0.05, 0.1) is 42.3 Å². The molecule has 7 nitrogen and oxygen atoms in total. The van der Waals surface area contributed by atoms with E-state index >= 15 is 0 Å². The number of hydrogen-bond donors (Lipinski definition) is 0. The van der Waals surface area contributed by atoms with Crippen LogP contribution in [0.25, 0.3) is 0 Å². The molecule has 60 heavy (non-hydrogen) atoms. The average Bonchev–Trinajstić information content (AvgIpc) is 3.28. The molecule has 8 aromatic carbocycles. The van der Waals surface area contributed by atoms with Gasteiger partial charge in [-0.15, -0.1) is 0 Å². The molecule has 0 saturated heterocycles. The molecule has 2 heterocycles. The zero-order valence-electron chi connectivity index (χ0n) is 32.8. The first-order valence-electron chi connectivity index (χ1n) is 19.7. The highest BCUT2D eigenvalue weighted by atomic mass is 32.2. The summed E-state index contributed by atoms with van der Waals surface area (Å²) in [7, 11) is -10.2. The SMILES string of the molecule is C[Si](C)(c1ccc(N(c2ccccc2)c2ccccc2)cc1)c1cc(N2c3ccccc3S(=O)(=O)c3ccccc32)cc(N2c3ccccc3S(=O)(=O)c3ccccc32)c1. The third kappa shape index (κ3) is 5.98. The number of anilines is 9. The molecule has 0 radical (unpaired) electrons. The predicted molar refractivity (Wildman–Crippen MR) is 245 cm³/mol. The second kappa shape index (κ2) is 14.2. The molecule has 8 aromatic rings. The minimum atomic E-state index is -3.81. The minimum absolute atomic E-state index is 0.226. The van der Waals surface area contributed by atoms with E-state index in [9.17, 15) is 16.8 Å². The molecular weight excluding hydrogens is 799 g/mol. The van der Waals surface area contributed by atoms with Gasteiger partial charge in [0, 0.05) is 28.4 Å². The molecule has 10 heteroatoms. The van der Waals surface area contributed by atoms with Crippen LogP contribution < -0.4 is 25.1 Å². The van der Waals surface area contributed by atoms with E-state index < -0.39 is 27.7 Å². The van der Waals surface area contributed by atoms with Gasteiger partial charge < -0.3 is 14.7 Å². The molecule has 0 fully saturated rings. The Hall–Kier alpha value is -6.72. The highest BCUT2D eigenvalue weighted by Crippen LogP contribution is 2.51. The Balaban J connectivity index is 1.19. The molecule has 294 valence electrons. The summed E-state index contributed by atoms with van der Waals surface area (Å²) in [5.41, 5.74) is 6.85. The van der Waals surface area contributed by atoms with Crippen molar-refractivity contribution in [1.82, 2.24) is 0 Å². The van der Waals surface area contributed by atoms with Crippen molar-refractivity contribution < 1.29 is 16.8 Å². The molecule has 0 aromatic heterocycles. The lowest BCUT2D eigenvalue weighted by Crippen LogP contribution is -2.53. The first kappa shape index (κ1) is 37.5. The van der Waals surface area contributed by atoms with Gasteiger partial charge in [0.15, 0.2) is 0 Å². The van der Waals surface area contributed by atoms with Gasteiger partial charge in [0.2, 0.25) is 19.7 Å². The number of rotatable bonds is 7. The summed E-state index contributed by atoms with van der Waals surface area (Å²) in [6.07, 6.45) is 0. The number of fused-ring (bicyclic) bond motifs is 4. The number of para-hydroxylation sites is 6. The van der Waals surface area contributed by atoms with E-state index in [0.717, 1.165) is 33.6 Å². The van der Waals surface area contributed by atoms with Crippen LogP contribution >= 0.6 is 0 Å². The average molecular weight is 838 g/mol. The number of benzene rings is 8. The van der Waals surface area contributed by atoms with Crippen molar-refractivity contribution in [1.29, 1.82) is 0 Å². The Bertz CT molecular complexity index is 2890. The molecule has 0 unspecified atom stereocenters. The predicted octanol–water partition coefficient (Wildman–Crippen LogP) is 11.2. The second-order valence-corrected chi connectivity index (χ2v) is 23.6. The van der Waals surface area contributed by atoms with Crippen molar-refractivity contribution in [3.05, 3.63) is 200 Å². The van der Waals surface area contributed by atoms with Gasteiger partial charge in [0.1, 0.15) is 8.07 Å². The molecule has 10 rings (SSSR count). The molecule has 0 amide bonds. The fourth-order valence-corrected chi connectivity index (χ4v) is 14.1. The van der Waals surface area contributed by atoms with Crippen LogP contribution in [-0.4, -0.2) is 24.9 Å². The van der Waals surface area contributed by atoms with Crippen LogP contribution in [0.5, 0.6) is 0 Å². The Morgan fingerprint density at radius 2 is 0.683 bits per heavy atom. The van der Waals surface area contributed by atoms with Crippen LogP contribution in [0.3, 0.4) is 0 Å². The molecular formula is C50H39N3O4S2Si. The van der Waals surface area contributed by atoms with E-state index in [1.165, 1.54) is 5.19 Å². The summed E-state index contributed by atoms with van der Waals surface area (Å²) >= 11 is 0. The summed E-state index contributed by atoms with van der Waals surface area (Å²) < 4.78 is 56.4. The van der Waals surface area contributed by atoms with Gasteiger partial charge in [-0.2, -0.15) is 0 Å². The molecule has 0 aliphatic carbocycles. The number of nitrogens with zero attached hydrogens (tertiary/aromatic N) is 3. The Morgan fingerprint density at radius 1 is 0.367 bits per heavy atom. The highest BCUT2D eigenvalue weighted by Gasteiger charge is 2.38. The fourth-order valence-electron chi connectivity index (χ4n) is 8.54. The van der Waals surface area contributed by atoms with E-state index in [0.29, 0.717) is 22.7 Å². The van der Waals surface area contributed by atoms with Crippen LogP contribution in [0.15, 0.2) is 220 Å². The van der Waals surface area contributed by atoms with Crippen molar-refractivity contribution in [2.24, 2.45) is 0 Å².